The van der Waals surface area contributed by atoms with Crippen LogP contribution in [-0.2, 0) is 19.5 Å². The molecule has 2 aliphatic heterocycles. The zero-order valence-electron chi connectivity index (χ0n) is 9.93. The Hall–Kier alpha value is -0.170. The zero-order chi connectivity index (χ0) is 11.9. The summed E-state index contributed by atoms with van der Waals surface area (Å²) < 4.78 is 36.7. The molecular weight excluding hydrogens is 242 g/mol. The van der Waals surface area contributed by atoms with Crippen LogP contribution in [0.2, 0.25) is 0 Å². The first kappa shape index (κ1) is 11.9. The van der Waals surface area contributed by atoms with Gasteiger partial charge >= 0.3 is 0 Å². The van der Waals surface area contributed by atoms with E-state index in [0.29, 0.717) is 25.5 Å². The molecule has 98 valence electrons. The monoisotopic (exact) mass is 261 g/mol. The third-order valence-electron chi connectivity index (χ3n) is 4.08. The van der Waals surface area contributed by atoms with Crippen molar-refractivity contribution < 1.29 is 17.9 Å². The number of sulfonamides is 1. The fourth-order valence-corrected chi connectivity index (χ4v) is 4.99. The van der Waals surface area contributed by atoms with Gasteiger partial charge in [0.1, 0.15) is 0 Å². The third-order valence-corrected chi connectivity index (χ3v) is 6.08. The van der Waals surface area contributed by atoms with Crippen LogP contribution < -0.4 is 0 Å². The molecule has 0 aromatic heterocycles. The first-order valence-electron chi connectivity index (χ1n) is 6.39. The average Bonchev–Trinajstić information content (AvgIpc) is 2.88. The molecular formula is C11H19NO4S. The second kappa shape index (κ2) is 4.19. The Balaban J connectivity index is 1.65. The molecule has 0 aromatic carbocycles. The van der Waals surface area contributed by atoms with E-state index in [-0.39, 0.29) is 11.8 Å². The van der Waals surface area contributed by atoms with Gasteiger partial charge in [0.05, 0.1) is 19.0 Å². The van der Waals surface area contributed by atoms with Gasteiger partial charge in [0.25, 0.3) is 0 Å². The third kappa shape index (κ3) is 2.12. The second-order valence-corrected chi connectivity index (χ2v) is 7.16. The molecule has 2 saturated heterocycles. The van der Waals surface area contributed by atoms with E-state index in [4.69, 9.17) is 9.47 Å². The molecule has 5 nitrogen and oxygen atoms in total. The van der Waals surface area contributed by atoms with Crippen molar-refractivity contribution in [3.8, 4) is 0 Å². The summed E-state index contributed by atoms with van der Waals surface area (Å²) in [7, 11) is -2.97. The largest absolute Gasteiger partial charge is 0.348 e. The van der Waals surface area contributed by atoms with Crippen LogP contribution in [0.4, 0.5) is 0 Å². The second-order valence-electron chi connectivity index (χ2n) is 5.12. The van der Waals surface area contributed by atoms with Crippen LogP contribution in [0, 0.1) is 0 Å². The smallest absolute Gasteiger partial charge is 0.214 e. The molecule has 0 amide bonds. The normalized spacial score (nSPS) is 33.4. The van der Waals surface area contributed by atoms with Crippen LogP contribution in [0.25, 0.3) is 0 Å². The Morgan fingerprint density at radius 3 is 2.29 bits per heavy atom. The van der Waals surface area contributed by atoms with Crippen molar-refractivity contribution in [3.05, 3.63) is 0 Å². The summed E-state index contributed by atoms with van der Waals surface area (Å²) in [5, 5.41) is 0. The van der Waals surface area contributed by atoms with E-state index in [0.717, 1.165) is 32.1 Å². The highest BCUT2D eigenvalue weighted by Gasteiger charge is 2.44. The van der Waals surface area contributed by atoms with Gasteiger partial charge in [-0.3, -0.25) is 0 Å². The van der Waals surface area contributed by atoms with Gasteiger partial charge in [-0.25, -0.2) is 8.42 Å². The highest BCUT2D eigenvalue weighted by Crippen LogP contribution is 2.38. The summed E-state index contributed by atoms with van der Waals surface area (Å²) in [6.07, 6.45) is 4.14. The van der Waals surface area contributed by atoms with Crippen molar-refractivity contribution in [1.82, 2.24) is 4.31 Å². The van der Waals surface area contributed by atoms with Gasteiger partial charge < -0.3 is 9.47 Å². The van der Waals surface area contributed by atoms with E-state index < -0.39 is 10.0 Å². The van der Waals surface area contributed by atoms with Crippen molar-refractivity contribution in [1.29, 1.82) is 0 Å². The number of ether oxygens (including phenoxy) is 2. The quantitative estimate of drug-likeness (QED) is 0.697. The standard InChI is InChI=1S/C11H19NO4S/c13-17(14)9-1-6-12(17)10-2-4-11(5-3-10)15-7-8-16-11/h10H,1-9H2. The fourth-order valence-electron chi connectivity index (χ4n) is 3.18. The zero-order valence-corrected chi connectivity index (χ0v) is 10.7. The molecule has 3 fully saturated rings. The summed E-state index contributed by atoms with van der Waals surface area (Å²) in [5.41, 5.74) is 0. The number of hydrogen-bond donors (Lipinski definition) is 0. The maximum Gasteiger partial charge on any atom is 0.214 e. The Kier molecular flexibility index (Phi) is 2.93. The van der Waals surface area contributed by atoms with Gasteiger partial charge in [0.2, 0.25) is 10.0 Å². The van der Waals surface area contributed by atoms with Crippen LogP contribution in [-0.4, -0.2) is 50.1 Å². The van der Waals surface area contributed by atoms with E-state index in [9.17, 15) is 8.42 Å². The van der Waals surface area contributed by atoms with Crippen LogP contribution in [0.15, 0.2) is 0 Å². The molecule has 0 bridgehead atoms. The van der Waals surface area contributed by atoms with E-state index in [1.54, 1.807) is 4.31 Å². The molecule has 0 N–H and O–H groups in total. The van der Waals surface area contributed by atoms with E-state index in [1.165, 1.54) is 0 Å². The van der Waals surface area contributed by atoms with Crippen molar-refractivity contribution in [2.24, 2.45) is 0 Å². The fraction of sp³-hybridized carbons (Fsp3) is 1.00. The van der Waals surface area contributed by atoms with Gasteiger partial charge in [-0.1, -0.05) is 0 Å². The molecule has 17 heavy (non-hydrogen) atoms. The lowest BCUT2D eigenvalue weighted by Gasteiger charge is -2.38. The summed E-state index contributed by atoms with van der Waals surface area (Å²) in [5.74, 6) is -0.0678. The maximum absolute atomic E-state index is 11.8. The minimum atomic E-state index is -2.97. The van der Waals surface area contributed by atoms with Gasteiger partial charge in [-0.15, -0.1) is 0 Å². The molecule has 0 unspecified atom stereocenters. The Bertz CT molecular complexity index is 378. The van der Waals surface area contributed by atoms with Gasteiger partial charge in [0, 0.05) is 25.4 Å². The van der Waals surface area contributed by atoms with Gasteiger partial charge in [0.15, 0.2) is 5.79 Å². The average molecular weight is 261 g/mol. The number of hydrogen-bond acceptors (Lipinski definition) is 4. The molecule has 3 aliphatic rings. The Morgan fingerprint density at radius 1 is 1.12 bits per heavy atom. The van der Waals surface area contributed by atoms with E-state index in [1.807, 2.05) is 0 Å². The first-order valence-corrected chi connectivity index (χ1v) is 8.00. The lowest BCUT2D eigenvalue weighted by molar-refractivity contribution is -0.181. The molecule has 0 atom stereocenters. The summed E-state index contributed by atoms with van der Waals surface area (Å²) in [4.78, 5) is 0. The highest BCUT2D eigenvalue weighted by molar-refractivity contribution is 7.89. The lowest BCUT2D eigenvalue weighted by atomic mass is 9.90. The molecule has 2 heterocycles. The molecule has 3 rings (SSSR count). The summed E-state index contributed by atoms with van der Waals surface area (Å²) >= 11 is 0. The van der Waals surface area contributed by atoms with Crippen LogP contribution in [0.5, 0.6) is 0 Å². The topological polar surface area (TPSA) is 55.8 Å². The number of nitrogens with zero attached hydrogens (tertiary/aromatic N) is 1. The van der Waals surface area contributed by atoms with Crippen molar-refractivity contribution in [2.45, 2.75) is 43.9 Å². The van der Waals surface area contributed by atoms with Crippen LogP contribution >= 0.6 is 0 Å². The predicted molar refractivity (Wildman–Crippen MR) is 62.0 cm³/mol. The van der Waals surface area contributed by atoms with E-state index >= 15 is 0 Å². The van der Waals surface area contributed by atoms with Crippen molar-refractivity contribution >= 4 is 10.0 Å². The Morgan fingerprint density at radius 2 is 1.76 bits per heavy atom. The molecule has 0 radical (unpaired) electrons. The maximum atomic E-state index is 11.8. The van der Waals surface area contributed by atoms with Crippen LogP contribution in [0.3, 0.4) is 0 Å². The molecule has 1 aliphatic carbocycles. The first-order chi connectivity index (χ1) is 8.11. The minimum absolute atomic E-state index is 0.168. The Labute approximate surface area is 102 Å². The molecule has 1 spiro atoms. The van der Waals surface area contributed by atoms with Gasteiger partial charge in [-0.05, 0) is 19.3 Å². The summed E-state index contributed by atoms with van der Waals surface area (Å²) in [6.45, 7) is 2.04. The SMILES string of the molecule is O=S1(=O)CCCN1C1CCC2(CC1)OCCO2. The molecule has 1 saturated carbocycles. The van der Waals surface area contributed by atoms with Crippen molar-refractivity contribution in [3.63, 3.8) is 0 Å². The van der Waals surface area contributed by atoms with Gasteiger partial charge in [-0.2, -0.15) is 4.31 Å². The van der Waals surface area contributed by atoms with Crippen LogP contribution in [0.1, 0.15) is 32.1 Å². The number of rotatable bonds is 1. The molecule has 6 heteroatoms. The molecule has 0 aromatic rings. The highest BCUT2D eigenvalue weighted by atomic mass is 32.2. The lowest BCUT2D eigenvalue weighted by Crippen LogP contribution is -2.44. The predicted octanol–water partition coefficient (Wildman–Crippen LogP) is 0.708. The van der Waals surface area contributed by atoms with E-state index in [2.05, 4.69) is 0 Å². The summed E-state index contributed by atoms with van der Waals surface area (Å²) in [6, 6.07) is 0.168. The minimum Gasteiger partial charge on any atom is -0.348 e. The van der Waals surface area contributed by atoms with Crippen molar-refractivity contribution in [2.75, 3.05) is 25.5 Å².